The molecule has 0 aliphatic carbocycles. The fraction of sp³-hybridized carbons (Fsp3) is 0.235. The summed E-state index contributed by atoms with van der Waals surface area (Å²) in [5.41, 5.74) is 1.25. The Morgan fingerprint density at radius 2 is 1.90 bits per heavy atom. The zero-order valence-corrected chi connectivity index (χ0v) is 12.9. The summed E-state index contributed by atoms with van der Waals surface area (Å²) in [7, 11) is 0. The van der Waals surface area contributed by atoms with E-state index in [4.69, 9.17) is 16.3 Å². The first kappa shape index (κ1) is 15.4. The number of amides is 1. The lowest BCUT2D eigenvalue weighted by Gasteiger charge is -2.10. The van der Waals surface area contributed by atoms with Crippen LogP contribution in [-0.2, 0) is 0 Å². The summed E-state index contributed by atoms with van der Waals surface area (Å²) in [4.78, 5) is 12.1. The molecule has 0 spiro atoms. The van der Waals surface area contributed by atoms with E-state index in [1.165, 1.54) is 0 Å². The van der Waals surface area contributed by atoms with Crippen molar-refractivity contribution in [2.45, 2.75) is 13.8 Å². The minimum Gasteiger partial charge on any atom is -0.493 e. The van der Waals surface area contributed by atoms with Crippen molar-refractivity contribution in [3.8, 4) is 5.75 Å². The van der Waals surface area contributed by atoms with Crippen molar-refractivity contribution in [1.82, 2.24) is 0 Å². The van der Waals surface area contributed by atoms with Crippen molar-refractivity contribution in [2.24, 2.45) is 5.92 Å². The third-order valence-corrected chi connectivity index (χ3v) is 3.02. The van der Waals surface area contributed by atoms with E-state index in [-0.39, 0.29) is 5.91 Å². The maximum absolute atomic E-state index is 12.1. The molecule has 0 saturated carbocycles. The Morgan fingerprint density at radius 1 is 1.19 bits per heavy atom. The molecule has 0 saturated heterocycles. The molecule has 1 N–H and O–H groups in total. The maximum Gasteiger partial charge on any atom is 0.255 e. The molecule has 0 bridgehead atoms. The van der Waals surface area contributed by atoms with Crippen LogP contribution in [-0.4, -0.2) is 12.5 Å². The number of nitrogens with one attached hydrogen (secondary N) is 1. The zero-order chi connectivity index (χ0) is 15.2. The zero-order valence-electron chi connectivity index (χ0n) is 12.1. The number of anilines is 1. The molecule has 4 heteroatoms. The Bertz CT molecular complexity index is 608. The Balaban J connectivity index is 1.98. The molecule has 0 heterocycles. The van der Waals surface area contributed by atoms with Crippen LogP contribution in [0.15, 0.2) is 48.5 Å². The quantitative estimate of drug-likeness (QED) is 0.874. The number of hydrogen-bond donors (Lipinski definition) is 1. The number of rotatable bonds is 5. The van der Waals surface area contributed by atoms with E-state index in [0.717, 1.165) is 11.4 Å². The summed E-state index contributed by atoms with van der Waals surface area (Å²) in [5, 5.41) is 3.37. The number of benzene rings is 2. The summed E-state index contributed by atoms with van der Waals surface area (Å²) in [5.74, 6) is 1.09. The largest absolute Gasteiger partial charge is 0.493 e. The highest BCUT2D eigenvalue weighted by Crippen LogP contribution is 2.18. The summed E-state index contributed by atoms with van der Waals surface area (Å²) in [6, 6.07) is 14.2. The summed E-state index contributed by atoms with van der Waals surface area (Å²) in [6.45, 7) is 4.87. The lowest BCUT2D eigenvalue weighted by Crippen LogP contribution is -2.11. The van der Waals surface area contributed by atoms with Gasteiger partial charge in [0.2, 0.25) is 0 Å². The molecule has 0 atom stereocenters. The number of carbonyl (C=O) groups is 1. The smallest absolute Gasteiger partial charge is 0.255 e. The Morgan fingerprint density at radius 3 is 2.52 bits per heavy atom. The molecule has 0 aromatic heterocycles. The molecule has 0 radical (unpaired) electrons. The predicted molar refractivity (Wildman–Crippen MR) is 86.2 cm³/mol. The van der Waals surface area contributed by atoms with Gasteiger partial charge in [-0.15, -0.1) is 0 Å². The fourth-order valence-corrected chi connectivity index (χ4v) is 1.92. The fourth-order valence-electron chi connectivity index (χ4n) is 1.73. The molecule has 3 nitrogen and oxygen atoms in total. The van der Waals surface area contributed by atoms with Gasteiger partial charge in [-0.1, -0.05) is 31.5 Å². The molecule has 0 aliphatic rings. The molecule has 2 rings (SSSR count). The Labute approximate surface area is 129 Å². The molecule has 0 fully saturated rings. The Kier molecular flexibility index (Phi) is 5.23. The molecule has 2 aromatic rings. The van der Waals surface area contributed by atoms with Crippen LogP contribution in [0.2, 0.25) is 5.02 Å². The lowest BCUT2D eigenvalue weighted by molar-refractivity contribution is 0.102. The average Bonchev–Trinajstić information content (AvgIpc) is 2.46. The summed E-state index contributed by atoms with van der Waals surface area (Å²) < 4.78 is 5.60. The van der Waals surface area contributed by atoms with E-state index in [0.29, 0.717) is 23.1 Å². The molecule has 2 aromatic carbocycles. The second kappa shape index (κ2) is 7.14. The van der Waals surface area contributed by atoms with Gasteiger partial charge in [0, 0.05) is 16.3 Å². The third kappa shape index (κ3) is 4.80. The van der Waals surface area contributed by atoms with Gasteiger partial charge in [-0.2, -0.15) is 0 Å². The first-order chi connectivity index (χ1) is 10.0. The van der Waals surface area contributed by atoms with Gasteiger partial charge in [0.1, 0.15) is 5.75 Å². The van der Waals surface area contributed by atoms with Crippen molar-refractivity contribution in [3.05, 3.63) is 59.1 Å². The highest BCUT2D eigenvalue weighted by atomic mass is 35.5. The molecule has 0 aliphatic heterocycles. The van der Waals surface area contributed by atoms with Crippen LogP contribution in [0.1, 0.15) is 24.2 Å². The van der Waals surface area contributed by atoms with Crippen LogP contribution >= 0.6 is 11.6 Å². The van der Waals surface area contributed by atoms with Crippen LogP contribution in [0, 0.1) is 5.92 Å². The van der Waals surface area contributed by atoms with Gasteiger partial charge in [0.05, 0.1) is 6.61 Å². The lowest BCUT2D eigenvalue weighted by atomic mass is 10.2. The van der Waals surface area contributed by atoms with Gasteiger partial charge >= 0.3 is 0 Å². The average molecular weight is 304 g/mol. The monoisotopic (exact) mass is 303 g/mol. The van der Waals surface area contributed by atoms with Crippen LogP contribution in [0.4, 0.5) is 5.69 Å². The van der Waals surface area contributed by atoms with Crippen LogP contribution < -0.4 is 10.1 Å². The van der Waals surface area contributed by atoms with Gasteiger partial charge in [0.25, 0.3) is 5.91 Å². The number of ether oxygens (including phenoxy) is 1. The minimum absolute atomic E-state index is 0.187. The van der Waals surface area contributed by atoms with E-state index >= 15 is 0 Å². The number of carbonyl (C=O) groups excluding carboxylic acids is 1. The van der Waals surface area contributed by atoms with E-state index in [1.807, 2.05) is 24.3 Å². The van der Waals surface area contributed by atoms with Gasteiger partial charge in [-0.05, 0) is 48.4 Å². The van der Waals surface area contributed by atoms with Crippen molar-refractivity contribution in [3.63, 3.8) is 0 Å². The summed E-state index contributed by atoms with van der Waals surface area (Å²) in [6.07, 6.45) is 0. The minimum atomic E-state index is -0.187. The highest BCUT2D eigenvalue weighted by Gasteiger charge is 2.06. The topological polar surface area (TPSA) is 38.3 Å². The Hall–Kier alpha value is -2.00. The normalized spacial score (nSPS) is 10.5. The first-order valence-corrected chi connectivity index (χ1v) is 7.22. The van der Waals surface area contributed by atoms with E-state index in [1.54, 1.807) is 24.3 Å². The SMILES string of the molecule is CC(C)COc1ccc(NC(=O)c2cccc(Cl)c2)cc1. The van der Waals surface area contributed by atoms with Crippen LogP contribution in [0.5, 0.6) is 5.75 Å². The summed E-state index contributed by atoms with van der Waals surface area (Å²) >= 11 is 5.88. The van der Waals surface area contributed by atoms with Gasteiger partial charge in [-0.3, -0.25) is 4.79 Å². The highest BCUT2D eigenvalue weighted by molar-refractivity contribution is 6.31. The van der Waals surface area contributed by atoms with Crippen LogP contribution in [0.3, 0.4) is 0 Å². The van der Waals surface area contributed by atoms with Gasteiger partial charge < -0.3 is 10.1 Å². The second-order valence-corrected chi connectivity index (χ2v) is 5.63. The van der Waals surface area contributed by atoms with Crippen LogP contribution in [0.25, 0.3) is 0 Å². The van der Waals surface area contributed by atoms with Crippen molar-refractivity contribution in [2.75, 3.05) is 11.9 Å². The van der Waals surface area contributed by atoms with E-state index < -0.39 is 0 Å². The van der Waals surface area contributed by atoms with Gasteiger partial charge in [-0.25, -0.2) is 0 Å². The maximum atomic E-state index is 12.1. The molecular weight excluding hydrogens is 286 g/mol. The second-order valence-electron chi connectivity index (χ2n) is 5.19. The molecule has 21 heavy (non-hydrogen) atoms. The molecule has 1 amide bonds. The molecule has 110 valence electrons. The van der Waals surface area contributed by atoms with E-state index in [9.17, 15) is 4.79 Å². The number of hydrogen-bond acceptors (Lipinski definition) is 2. The van der Waals surface area contributed by atoms with Crippen molar-refractivity contribution >= 4 is 23.2 Å². The van der Waals surface area contributed by atoms with Gasteiger partial charge in [0.15, 0.2) is 0 Å². The molecule has 0 unspecified atom stereocenters. The standard InChI is InChI=1S/C17H18ClNO2/c1-12(2)11-21-16-8-6-15(7-9-16)19-17(20)13-4-3-5-14(18)10-13/h3-10,12H,11H2,1-2H3,(H,19,20). The van der Waals surface area contributed by atoms with Crippen molar-refractivity contribution < 1.29 is 9.53 Å². The van der Waals surface area contributed by atoms with Crippen molar-refractivity contribution in [1.29, 1.82) is 0 Å². The first-order valence-electron chi connectivity index (χ1n) is 6.84. The predicted octanol–water partition coefficient (Wildman–Crippen LogP) is 4.63. The molecular formula is C17H18ClNO2. The van der Waals surface area contributed by atoms with E-state index in [2.05, 4.69) is 19.2 Å². The third-order valence-electron chi connectivity index (χ3n) is 2.78. The number of halogens is 1.